The first kappa shape index (κ1) is 16.9. The Morgan fingerprint density at radius 2 is 1.95 bits per heavy atom. The van der Waals surface area contributed by atoms with Crippen molar-refractivity contribution in [2.24, 2.45) is 0 Å². The zero-order valence-corrected chi connectivity index (χ0v) is 13.9. The van der Waals surface area contributed by atoms with Gasteiger partial charge < -0.3 is 14.3 Å². The van der Waals surface area contributed by atoms with Crippen molar-refractivity contribution >= 4 is 29.2 Å². The van der Waals surface area contributed by atoms with E-state index in [9.17, 15) is 9.90 Å². The lowest BCUT2D eigenvalue weighted by atomic mass is 10.0. The maximum absolute atomic E-state index is 12.2. The minimum atomic E-state index is -1.17. The van der Waals surface area contributed by atoms with E-state index < -0.39 is 17.7 Å². The van der Waals surface area contributed by atoms with Crippen LogP contribution in [-0.4, -0.2) is 16.7 Å². The molecular formula is C16H16Cl2O4. The second-order valence-corrected chi connectivity index (χ2v) is 6.53. The van der Waals surface area contributed by atoms with Gasteiger partial charge in [-0.25, -0.2) is 4.79 Å². The van der Waals surface area contributed by atoms with Gasteiger partial charge in [-0.1, -0.05) is 23.2 Å². The molecule has 1 heterocycles. The molecule has 0 saturated carbocycles. The average molecular weight is 343 g/mol. The molecule has 0 aliphatic rings. The third kappa shape index (κ3) is 3.64. The molecule has 0 spiro atoms. The molecule has 1 aromatic heterocycles. The Morgan fingerprint density at radius 3 is 2.50 bits per heavy atom. The molecule has 22 heavy (non-hydrogen) atoms. The normalized spacial score (nSPS) is 13.0. The summed E-state index contributed by atoms with van der Waals surface area (Å²) < 4.78 is 10.5. The highest BCUT2D eigenvalue weighted by Gasteiger charge is 2.26. The summed E-state index contributed by atoms with van der Waals surface area (Å²) in [5.74, 6) is -0.299. The van der Waals surface area contributed by atoms with Crippen LogP contribution in [0.4, 0.5) is 0 Å². The molecule has 0 saturated heterocycles. The van der Waals surface area contributed by atoms with Crippen molar-refractivity contribution in [3.63, 3.8) is 0 Å². The van der Waals surface area contributed by atoms with Gasteiger partial charge in [0.05, 0.1) is 16.8 Å². The fraction of sp³-hybridized carbons (Fsp3) is 0.312. The summed E-state index contributed by atoms with van der Waals surface area (Å²) in [6.07, 6.45) is 0.260. The number of carbonyl (C=O) groups is 1. The maximum atomic E-state index is 12.2. The fourth-order valence-corrected chi connectivity index (χ4v) is 2.55. The number of benzene rings is 1. The lowest BCUT2D eigenvalue weighted by Crippen LogP contribution is -2.24. The van der Waals surface area contributed by atoms with Gasteiger partial charge in [0.25, 0.3) is 0 Å². The van der Waals surface area contributed by atoms with Gasteiger partial charge in [0.15, 0.2) is 0 Å². The van der Waals surface area contributed by atoms with Gasteiger partial charge in [-0.15, -0.1) is 0 Å². The third-order valence-electron chi connectivity index (χ3n) is 2.83. The fourth-order valence-electron chi connectivity index (χ4n) is 1.90. The molecule has 0 aliphatic carbocycles. The Labute approximate surface area is 138 Å². The van der Waals surface area contributed by atoms with Crippen LogP contribution in [0.3, 0.4) is 0 Å². The van der Waals surface area contributed by atoms with E-state index in [0.29, 0.717) is 0 Å². The molecule has 2 rings (SSSR count). The molecule has 6 heteroatoms. The number of esters is 1. The average Bonchev–Trinajstić information content (AvgIpc) is 2.90. The highest BCUT2D eigenvalue weighted by Crippen LogP contribution is 2.37. The van der Waals surface area contributed by atoms with E-state index in [1.807, 2.05) is 0 Å². The Balaban J connectivity index is 2.44. The zero-order valence-electron chi connectivity index (χ0n) is 12.4. The summed E-state index contributed by atoms with van der Waals surface area (Å²) >= 11 is 12.4. The molecule has 0 radical (unpaired) electrons. The quantitative estimate of drug-likeness (QED) is 0.826. The molecule has 1 N–H and O–H groups in total. The van der Waals surface area contributed by atoms with E-state index in [-0.39, 0.29) is 26.9 Å². The minimum absolute atomic E-state index is 0.0469. The van der Waals surface area contributed by atoms with Crippen molar-refractivity contribution in [3.05, 3.63) is 57.5 Å². The van der Waals surface area contributed by atoms with Crippen molar-refractivity contribution in [2.75, 3.05) is 0 Å². The number of carbonyl (C=O) groups excluding carboxylic acids is 1. The summed E-state index contributed by atoms with van der Waals surface area (Å²) in [6.45, 7) is 5.27. The molecule has 0 bridgehead atoms. The SMILES string of the molecule is CC(C)(C)OC(=O)c1ccc(Cl)c(C(O)c2ccco2)c1Cl. The van der Waals surface area contributed by atoms with Crippen LogP contribution in [0.2, 0.25) is 10.0 Å². The van der Waals surface area contributed by atoms with Gasteiger partial charge in [-0.05, 0) is 45.0 Å². The van der Waals surface area contributed by atoms with Crippen molar-refractivity contribution < 1.29 is 19.1 Å². The molecule has 0 fully saturated rings. The highest BCUT2D eigenvalue weighted by atomic mass is 35.5. The summed E-state index contributed by atoms with van der Waals surface area (Å²) in [6, 6.07) is 6.20. The van der Waals surface area contributed by atoms with Crippen LogP contribution >= 0.6 is 23.2 Å². The first-order valence-electron chi connectivity index (χ1n) is 6.63. The predicted molar refractivity (Wildman–Crippen MR) is 84.4 cm³/mol. The number of hydrogen-bond donors (Lipinski definition) is 1. The molecule has 118 valence electrons. The lowest BCUT2D eigenvalue weighted by Gasteiger charge is -2.21. The number of rotatable bonds is 3. The first-order valence-corrected chi connectivity index (χ1v) is 7.39. The Hall–Kier alpha value is -1.49. The van der Waals surface area contributed by atoms with Crippen LogP contribution in [0, 0.1) is 0 Å². The molecule has 0 aliphatic heterocycles. The largest absolute Gasteiger partial charge is 0.466 e. The van der Waals surface area contributed by atoms with Crippen LogP contribution < -0.4 is 0 Å². The van der Waals surface area contributed by atoms with E-state index in [1.54, 1.807) is 32.9 Å². The van der Waals surface area contributed by atoms with E-state index in [4.69, 9.17) is 32.4 Å². The third-order valence-corrected chi connectivity index (χ3v) is 3.57. The van der Waals surface area contributed by atoms with E-state index in [2.05, 4.69) is 0 Å². The van der Waals surface area contributed by atoms with Gasteiger partial charge in [-0.3, -0.25) is 0 Å². The minimum Gasteiger partial charge on any atom is -0.466 e. The van der Waals surface area contributed by atoms with Crippen molar-refractivity contribution in [1.29, 1.82) is 0 Å². The molecule has 4 nitrogen and oxygen atoms in total. The summed E-state index contributed by atoms with van der Waals surface area (Å²) in [5.41, 5.74) is -0.303. The second kappa shape index (κ2) is 6.32. The van der Waals surface area contributed by atoms with Gasteiger partial charge in [0.2, 0.25) is 0 Å². The Kier molecular flexibility index (Phi) is 4.85. The zero-order chi connectivity index (χ0) is 16.5. The number of ether oxygens (including phenoxy) is 1. The van der Waals surface area contributed by atoms with Crippen LogP contribution in [0.25, 0.3) is 0 Å². The Bertz CT molecular complexity index is 672. The van der Waals surface area contributed by atoms with Gasteiger partial charge in [0, 0.05) is 10.6 Å². The maximum Gasteiger partial charge on any atom is 0.340 e. The molecule has 1 unspecified atom stereocenters. The summed E-state index contributed by atoms with van der Waals surface area (Å²) in [4.78, 5) is 12.2. The number of halogens is 2. The van der Waals surface area contributed by atoms with Crippen molar-refractivity contribution in [1.82, 2.24) is 0 Å². The monoisotopic (exact) mass is 342 g/mol. The predicted octanol–water partition coefficient (Wildman–Crippen LogP) is 4.62. The smallest absolute Gasteiger partial charge is 0.340 e. The van der Waals surface area contributed by atoms with Crippen LogP contribution in [0.5, 0.6) is 0 Å². The number of hydrogen-bond acceptors (Lipinski definition) is 4. The van der Waals surface area contributed by atoms with Crippen LogP contribution in [-0.2, 0) is 4.74 Å². The summed E-state index contributed by atoms with van der Waals surface area (Å²) in [5, 5.41) is 10.7. The van der Waals surface area contributed by atoms with Gasteiger partial charge in [0.1, 0.15) is 17.5 Å². The molecule has 1 atom stereocenters. The molecule has 1 aromatic carbocycles. The lowest BCUT2D eigenvalue weighted by molar-refractivity contribution is 0.00695. The number of furan rings is 1. The molecule has 2 aromatic rings. The first-order chi connectivity index (χ1) is 10.2. The van der Waals surface area contributed by atoms with Crippen molar-refractivity contribution in [2.45, 2.75) is 32.5 Å². The van der Waals surface area contributed by atoms with Crippen molar-refractivity contribution in [3.8, 4) is 0 Å². The second-order valence-electron chi connectivity index (χ2n) is 5.74. The van der Waals surface area contributed by atoms with E-state index in [0.717, 1.165) is 0 Å². The topological polar surface area (TPSA) is 59.7 Å². The van der Waals surface area contributed by atoms with E-state index >= 15 is 0 Å². The Morgan fingerprint density at radius 1 is 1.27 bits per heavy atom. The number of aliphatic hydroxyl groups is 1. The van der Waals surface area contributed by atoms with E-state index in [1.165, 1.54) is 18.4 Å². The summed E-state index contributed by atoms with van der Waals surface area (Å²) in [7, 11) is 0. The standard InChI is InChI=1S/C16H16Cl2O4/c1-16(2,3)22-15(20)9-6-7-10(17)12(13(9)18)14(19)11-5-4-8-21-11/h4-8,14,19H,1-3H3. The highest BCUT2D eigenvalue weighted by molar-refractivity contribution is 6.38. The van der Waals surface area contributed by atoms with Crippen LogP contribution in [0.1, 0.15) is 48.6 Å². The molecule has 0 amide bonds. The number of aliphatic hydroxyl groups excluding tert-OH is 1. The molecular weight excluding hydrogens is 327 g/mol. The van der Waals surface area contributed by atoms with Gasteiger partial charge in [-0.2, -0.15) is 0 Å². The van der Waals surface area contributed by atoms with Crippen LogP contribution in [0.15, 0.2) is 34.9 Å². The van der Waals surface area contributed by atoms with Gasteiger partial charge >= 0.3 is 5.97 Å².